The SMILES string of the molecule is CCOC(=O)C1=C(C)N=c2s/c(=C/c3cc(C)n(C)c3C)c(=O)n2[C@@H]1c1cccs1. The van der Waals surface area contributed by atoms with Gasteiger partial charge in [-0.1, -0.05) is 17.4 Å². The highest BCUT2D eigenvalue weighted by atomic mass is 32.1. The van der Waals surface area contributed by atoms with E-state index in [1.54, 1.807) is 18.4 Å². The highest BCUT2D eigenvalue weighted by Crippen LogP contribution is 2.33. The van der Waals surface area contributed by atoms with Crippen LogP contribution in [0.15, 0.2) is 44.6 Å². The monoisotopic (exact) mass is 441 g/mol. The summed E-state index contributed by atoms with van der Waals surface area (Å²) in [5, 5.41) is 1.94. The summed E-state index contributed by atoms with van der Waals surface area (Å²) in [4.78, 5) is 32.3. The topological polar surface area (TPSA) is 65.6 Å². The molecule has 0 aliphatic carbocycles. The summed E-state index contributed by atoms with van der Waals surface area (Å²) in [6.45, 7) is 7.91. The maximum absolute atomic E-state index is 13.5. The van der Waals surface area contributed by atoms with Crippen LogP contribution in [0.2, 0.25) is 0 Å². The van der Waals surface area contributed by atoms with Gasteiger partial charge in [0.25, 0.3) is 5.56 Å². The van der Waals surface area contributed by atoms with E-state index in [0.29, 0.717) is 20.6 Å². The van der Waals surface area contributed by atoms with Crippen molar-refractivity contribution in [3.8, 4) is 0 Å². The highest BCUT2D eigenvalue weighted by Gasteiger charge is 2.33. The molecule has 0 N–H and O–H groups in total. The van der Waals surface area contributed by atoms with Crippen LogP contribution in [-0.2, 0) is 16.6 Å². The van der Waals surface area contributed by atoms with E-state index in [1.807, 2.05) is 44.5 Å². The Bertz CT molecular complexity index is 1340. The number of aromatic nitrogens is 2. The summed E-state index contributed by atoms with van der Waals surface area (Å²) in [5.41, 5.74) is 4.10. The molecule has 3 aromatic rings. The molecule has 0 spiro atoms. The van der Waals surface area contributed by atoms with Crippen molar-refractivity contribution in [2.75, 3.05) is 6.61 Å². The van der Waals surface area contributed by atoms with Crippen LogP contribution in [0, 0.1) is 13.8 Å². The van der Waals surface area contributed by atoms with Gasteiger partial charge in [-0.2, -0.15) is 0 Å². The van der Waals surface area contributed by atoms with E-state index in [-0.39, 0.29) is 12.2 Å². The fourth-order valence-electron chi connectivity index (χ4n) is 3.68. The molecular weight excluding hydrogens is 418 g/mol. The van der Waals surface area contributed by atoms with Crippen LogP contribution in [0.5, 0.6) is 0 Å². The van der Waals surface area contributed by atoms with Crippen molar-refractivity contribution < 1.29 is 9.53 Å². The summed E-state index contributed by atoms with van der Waals surface area (Å²) in [6, 6.07) is 5.40. The summed E-state index contributed by atoms with van der Waals surface area (Å²) in [5.74, 6) is -0.430. The molecule has 0 bridgehead atoms. The normalized spacial score (nSPS) is 16.6. The second-order valence-electron chi connectivity index (χ2n) is 7.20. The van der Waals surface area contributed by atoms with Crippen molar-refractivity contribution in [1.29, 1.82) is 0 Å². The minimum atomic E-state index is -0.527. The van der Waals surface area contributed by atoms with Crippen LogP contribution < -0.4 is 14.9 Å². The second-order valence-corrected chi connectivity index (χ2v) is 9.19. The number of fused-ring (bicyclic) bond motifs is 1. The van der Waals surface area contributed by atoms with Gasteiger partial charge < -0.3 is 9.30 Å². The fraction of sp³-hybridized carbons (Fsp3) is 0.318. The lowest BCUT2D eigenvalue weighted by Crippen LogP contribution is -2.39. The smallest absolute Gasteiger partial charge is 0.338 e. The molecule has 3 aromatic heterocycles. The van der Waals surface area contributed by atoms with Crippen LogP contribution in [0.3, 0.4) is 0 Å². The largest absolute Gasteiger partial charge is 0.463 e. The third-order valence-electron chi connectivity index (χ3n) is 5.43. The van der Waals surface area contributed by atoms with Crippen molar-refractivity contribution in [2.45, 2.75) is 33.7 Å². The van der Waals surface area contributed by atoms with Gasteiger partial charge in [-0.15, -0.1) is 11.3 Å². The summed E-state index contributed by atoms with van der Waals surface area (Å²) in [6.07, 6.45) is 1.92. The van der Waals surface area contributed by atoms with E-state index >= 15 is 0 Å². The molecule has 1 atom stereocenters. The van der Waals surface area contributed by atoms with E-state index in [9.17, 15) is 9.59 Å². The quantitative estimate of drug-likeness (QED) is 0.585. The predicted molar refractivity (Wildman–Crippen MR) is 120 cm³/mol. The van der Waals surface area contributed by atoms with Gasteiger partial charge >= 0.3 is 5.97 Å². The predicted octanol–water partition coefficient (Wildman–Crippen LogP) is 2.82. The first kappa shape index (κ1) is 20.6. The van der Waals surface area contributed by atoms with Gasteiger partial charge in [0.1, 0.15) is 6.04 Å². The maximum atomic E-state index is 13.5. The van der Waals surface area contributed by atoms with Gasteiger partial charge in [0.05, 0.1) is 22.4 Å². The Balaban J connectivity index is 1.96. The molecule has 4 heterocycles. The van der Waals surface area contributed by atoms with Gasteiger partial charge in [0, 0.05) is 23.3 Å². The van der Waals surface area contributed by atoms with Gasteiger partial charge in [0.2, 0.25) is 0 Å². The average Bonchev–Trinajstić information content (AvgIpc) is 3.39. The third kappa shape index (κ3) is 3.30. The second kappa shape index (κ2) is 7.85. The van der Waals surface area contributed by atoms with Gasteiger partial charge in [-0.3, -0.25) is 9.36 Å². The number of rotatable bonds is 4. The van der Waals surface area contributed by atoms with Crippen molar-refractivity contribution in [1.82, 2.24) is 9.13 Å². The molecule has 0 radical (unpaired) electrons. The molecule has 4 rings (SSSR count). The van der Waals surface area contributed by atoms with Crippen molar-refractivity contribution in [3.05, 3.63) is 76.4 Å². The highest BCUT2D eigenvalue weighted by molar-refractivity contribution is 7.10. The van der Waals surface area contributed by atoms with Gasteiger partial charge in [-0.05, 0) is 56.8 Å². The number of thiazole rings is 1. The summed E-state index contributed by atoms with van der Waals surface area (Å²) < 4.78 is 9.62. The number of nitrogens with zero attached hydrogens (tertiary/aromatic N) is 3. The lowest BCUT2D eigenvalue weighted by Gasteiger charge is -2.23. The molecule has 1 aliphatic rings. The average molecular weight is 442 g/mol. The number of aryl methyl sites for hydroxylation is 1. The molecule has 0 saturated carbocycles. The number of hydrogen-bond acceptors (Lipinski definition) is 6. The Morgan fingerprint density at radius 2 is 2.10 bits per heavy atom. The van der Waals surface area contributed by atoms with Crippen molar-refractivity contribution in [2.24, 2.45) is 12.0 Å². The Kier molecular flexibility index (Phi) is 5.38. The fourth-order valence-corrected chi connectivity index (χ4v) is 5.54. The molecule has 0 saturated heterocycles. The van der Waals surface area contributed by atoms with Crippen LogP contribution in [0.25, 0.3) is 6.08 Å². The van der Waals surface area contributed by atoms with E-state index in [1.165, 1.54) is 22.7 Å². The van der Waals surface area contributed by atoms with Crippen LogP contribution in [0.1, 0.15) is 41.7 Å². The molecular formula is C22H23N3O3S2. The Morgan fingerprint density at radius 3 is 2.70 bits per heavy atom. The molecule has 0 aromatic carbocycles. The molecule has 1 aliphatic heterocycles. The van der Waals surface area contributed by atoms with E-state index in [4.69, 9.17) is 4.74 Å². The number of hydrogen-bond donors (Lipinski definition) is 0. The first-order valence-corrected chi connectivity index (χ1v) is 11.4. The van der Waals surface area contributed by atoms with Crippen LogP contribution in [-0.4, -0.2) is 21.7 Å². The number of ether oxygens (including phenoxy) is 1. The number of allylic oxidation sites excluding steroid dienone is 1. The van der Waals surface area contributed by atoms with E-state index in [2.05, 4.69) is 15.6 Å². The molecule has 30 heavy (non-hydrogen) atoms. The zero-order chi connectivity index (χ0) is 21.6. The molecule has 0 unspecified atom stereocenters. The van der Waals surface area contributed by atoms with E-state index in [0.717, 1.165) is 21.8 Å². The Morgan fingerprint density at radius 1 is 1.33 bits per heavy atom. The Hall–Kier alpha value is -2.71. The van der Waals surface area contributed by atoms with Crippen molar-refractivity contribution >= 4 is 34.7 Å². The lowest BCUT2D eigenvalue weighted by molar-refractivity contribution is -0.139. The molecule has 0 amide bonds. The molecule has 156 valence electrons. The van der Waals surface area contributed by atoms with E-state index < -0.39 is 12.0 Å². The molecule has 6 nitrogen and oxygen atoms in total. The summed E-state index contributed by atoms with van der Waals surface area (Å²) >= 11 is 2.86. The molecule has 8 heteroatoms. The summed E-state index contributed by atoms with van der Waals surface area (Å²) in [7, 11) is 2.01. The van der Waals surface area contributed by atoms with Gasteiger partial charge in [-0.25, -0.2) is 9.79 Å². The standard InChI is InChI=1S/C22H23N3O3S2/c1-6-28-21(27)18-13(3)23-22-25(19(18)16-8-7-9-29-16)20(26)17(30-22)11-15-10-12(2)24(5)14(15)4/h7-11,19H,6H2,1-5H3/b17-11+/t19-/m1/s1. The van der Waals surface area contributed by atoms with Gasteiger partial charge in [0.15, 0.2) is 4.80 Å². The number of esters is 1. The maximum Gasteiger partial charge on any atom is 0.338 e. The number of carbonyl (C=O) groups is 1. The zero-order valence-electron chi connectivity index (χ0n) is 17.6. The molecule has 0 fully saturated rings. The first-order chi connectivity index (χ1) is 14.3. The minimum absolute atomic E-state index is 0.146. The number of thiophene rings is 1. The zero-order valence-corrected chi connectivity index (χ0v) is 19.2. The number of carbonyl (C=O) groups excluding carboxylic acids is 1. The lowest BCUT2D eigenvalue weighted by atomic mass is 10.0. The first-order valence-electron chi connectivity index (χ1n) is 9.69. The van der Waals surface area contributed by atoms with Crippen molar-refractivity contribution in [3.63, 3.8) is 0 Å². The third-order valence-corrected chi connectivity index (χ3v) is 7.34. The Labute approximate surface area is 182 Å². The van der Waals surface area contributed by atoms with Crippen LogP contribution >= 0.6 is 22.7 Å². The van der Waals surface area contributed by atoms with Crippen LogP contribution in [0.4, 0.5) is 0 Å². The minimum Gasteiger partial charge on any atom is -0.463 e.